The van der Waals surface area contributed by atoms with Gasteiger partial charge in [0.2, 0.25) is 0 Å². The molecule has 6 aromatic carbocycles. The predicted molar refractivity (Wildman–Crippen MR) is 235 cm³/mol. The zero-order chi connectivity index (χ0) is 37.3. The van der Waals surface area contributed by atoms with Gasteiger partial charge in [0.1, 0.15) is 11.3 Å². The first-order chi connectivity index (χ1) is 27.8. The van der Waals surface area contributed by atoms with E-state index < -0.39 is 0 Å². The summed E-state index contributed by atoms with van der Waals surface area (Å²) < 4.78 is 6.96. The molecule has 7 aromatic rings. The van der Waals surface area contributed by atoms with E-state index in [4.69, 9.17) is 4.42 Å². The number of hydrogen-bond acceptors (Lipinski definition) is 2. The molecule has 0 radical (unpaired) electrons. The molecule has 270 valence electrons. The van der Waals surface area contributed by atoms with Crippen molar-refractivity contribution >= 4 is 39.6 Å². The molecule has 1 heterocycles. The van der Waals surface area contributed by atoms with Gasteiger partial charge in [-0.05, 0) is 82.5 Å². The third-order valence-corrected chi connectivity index (χ3v) is 11.7. The number of hydrogen-bond donors (Lipinski definition) is 0. The van der Waals surface area contributed by atoms with Gasteiger partial charge in [-0.1, -0.05) is 182 Å². The summed E-state index contributed by atoms with van der Waals surface area (Å²) in [6.45, 7) is 0. The van der Waals surface area contributed by atoms with Crippen LogP contribution in [0.5, 0.6) is 0 Å². The molecule has 0 fully saturated rings. The SMILES string of the molecule is C1=Cc2c(oc3c(C4=CCC(c5ccc(N(c6ccccc6)C6C=CC(c7ccccc7)=CC6)cc5)C=C4)cccc23)C(c2ccccc2-c2ccccc2)C1. The monoisotopic (exact) mass is 721 g/mol. The first-order valence-electron chi connectivity index (χ1n) is 19.9. The molecule has 2 nitrogen and oxygen atoms in total. The highest BCUT2D eigenvalue weighted by Gasteiger charge is 2.29. The molecule has 2 heteroatoms. The largest absolute Gasteiger partial charge is 0.459 e. The van der Waals surface area contributed by atoms with Gasteiger partial charge in [0, 0.05) is 39.7 Å². The summed E-state index contributed by atoms with van der Waals surface area (Å²) in [7, 11) is 0. The normalized spacial score (nSPS) is 18.7. The molecular weight excluding hydrogens is 679 g/mol. The van der Waals surface area contributed by atoms with E-state index in [1.165, 1.54) is 61.3 Å². The van der Waals surface area contributed by atoms with Crippen molar-refractivity contribution in [2.45, 2.75) is 37.1 Å². The van der Waals surface area contributed by atoms with Crippen LogP contribution in [0.4, 0.5) is 11.4 Å². The minimum Gasteiger partial charge on any atom is -0.459 e. The van der Waals surface area contributed by atoms with Gasteiger partial charge in [0.25, 0.3) is 0 Å². The van der Waals surface area contributed by atoms with Crippen molar-refractivity contribution in [1.82, 2.24) is 0 Å². The summed E-state index contributed by atoms with van der Waals surface area (Å²) in [5.74, 6) is 1.54. The summed E-state index contributed by atoms with van der Waals surface area (Å²) in [4.78, 5) is 2.47. The quantitative estimate of drug-likeness (QED) is 0.155. The lowest BCUT2D eigenvalue weighted by molar-refractivity contribution is 0.516. The highest BCUT2D eigenvalue weighted by molar-refractivity contribution is 5.98. The van der Waals surface area contributed by atoms with E-state index in [-0.39, 0.29) is 12.0 Å². The van der Waals surface area contributed by atoms with Gasteiger partial charge in [0.05, 0.1) is 6.04 Å². The Bertz CT molecular complexity index is 2660. The van der Waals surface area contributed by atoms with Crippen LogP contribution in [0.1, 0.15) is 64.7 Å². The molecule has 1 aromatic heterocycles. The van der Waals surface area contributed by atoms with E-state index in [0.717, 1.165) is 36.2 Å². The lowest BCUT2D eigenvalue weighted by atomic mass is 9.83. The molecular formula is C54H43NO. The third kappa shape index (κ3) is 6.37. The Hall–Kier alpha value is -6.64. The maximum Gasteiger partial charge on any atom is 0.142 e. The topological polar surface area (TPSA) is 16.4 Å². The van der Waals surface area contributed by atoms with Gasteiger partial charge in [-0.3, -0.25) is 0 Å². The number of nitrogens with zero attached hydrogens (tertiary/aromatic N) is 1. The van der Waals surface area contributed by atoms with Crippen molar-refractivity contribution in [2.24, 2.45) is 0 Å². The number of benzene rings is 6. The zero-order valence-electron chi connectivity index (χ0n) is 31.3. The van der Waals surface area contributed by atoms with E-state index in [1.54, 1.807) is 0 Å². The van der Waals surface area contributed by atoms with Crippen molar-refractivity contribution in [3.63, 3.8) is 0 Å². The van der Waals surface area contributed by atoms with Crippen LogP contribution < -0.4 is 4.90 Å². The van der Waals surface area contributed by atoms with Crippen LogP contribution in [0.3, 0.4) is 0 Å². The number of allylic oxidation sites excluding steroid dienone is 7. The number of rotatable bonds is 8. The molecule has 3 unspecified atom stereocenters. The maximum atomic E-state index is 6.96. The maximum absolute atomic E-state index is 6.96. The Labute approximate surface area is 329 Å². The number of furan rings is 1. The fourth-order valence-corrected chi connectivity index (χ4v) is 8.91. The predicted octanol–water partition coefficient (Wildman–Crippen LogP) is 14.3. The molecule has 0 N–H and O–H groups in total. The molecule has 3 aliphatic rings. The average molecular weight is 722 g/mol. The second-order valence-corrected chi connectivity index (χ2v) is 15.1. The van der Waals surface area contributed by atoms with Gasteiger partial charge in [0.15, 0.2) is 0 Å². The molecule has 56 heavy (non-hydrogen) atoms. The van der Waals surface area contributed by atoms with Crippen LogP contribution in [0, 0.1) is 0 Å². The third-order valence-electron chi connectivity index (χ3n) is 11.7. The molecule has 0 aliphatic heterocycles. The first-order valence-corrected chi connectivity index (χ1v) is 19.9. The van der Waals surface area contributed by atoms with Gasteiger partial charge in [-0.15, -0.1) is 0 Å². The van der Waals surface area contributed by atoms with Gasteiger partial charge < -0.3 is 9.32 Å². The lowest BCUT2D eigenvalue weighted by Gasteiger charge is -2.33. The molecule has 3 aliphatic carbocycles. The van der Waals surface area contributed by atoms with Crippen molar-refractivity contribution in [2.75, 3.05) is 4.90 Å². The fraction of sp³-hybridized carbons (Fsp3) is 0.111. The van der Waals surface area contributed by atoms with Crippen LogP contribution in [-0.4, -0.2) is 6.04 Å². The Balaban J connectivity index is 0.899. The zero-order valence-corrected chi connectivity index (χ0v) is 31.3. The second kappa shape index (κ2) is 14.9. The summed E-state index contributed by atoms with van der Waals surface area (Å²) >= 11 is 0. The van der Waals surface area contributed by atoms with E-state index >= 15 is 0 Å². The van der Waals surface area contributed by atoms with E-state index in [1.807, 2.05) is 0 Å². The smallest absolute Gasteiger partial charge is 0.142 e. The minimum absolute atomic E-state index is 0.157. The molecule has 0 bridgehead atoms. The highest BCUT2D eigenvalue weighted by Crippen LogP contribution is 2.45. The van der Waals surface area contributed by atoms with Crippen LogP contribution in [0.15, 0.2) is 205 Å². The summed E-state index contributed by atoms with van der Waals surface area (Å²) in [5.41, 5.74) is 14.7. The van der Waals surface area contributed by atoms with Crippen molar-refractivity contribution in [3.05, 3.63) is 234 Å². The highest BCUT2D eigenvalue weighted by atomic mass is 16.3. The second-order valence-electron chi connectivity index (χ2n) is 15.1. The summed E-state index contributed by atoms with van der Waals surface area (Å²) in [6, 6.07) is 57.0. The number of anilines is 2. The van der Waals surface area contributed by atoms with E-state index in [2.05, 4.69) is 211 Å². The van der Waals surface area contributed by atoms with E-state index in [9.17, 15) is 0 Å². The van der Waals surface area contributed by atoms with Crippen molar-refractivity contribution < 1.29 is 4.42 Å². The lowest BCUT2D eigenvalue weighted by Crippen LogP contribution is -2.30. The Morgan fingerprint density at radius 3 is 1.89 bits per heavy atom. The Morgan fingerprint density at radius 1 is 0.500 bits per heavy atom. The van der Waals surface area contributed by atoms with Crippen molar-refractivity contribution in [3.8, 4) is 11.1 Å². The molecule has 0 saturated heterocycles. The Morgan fingerprint density at radius 2 is 1.16 bits per heavy atom. The molecule has 0 amide bonds. The average Bonchev–Trinajstić information content (AvgIpc) is 3.68. The minimum atomic E-state index is 0.157. The summed E-state index contributed by atoms with van der Waals surface area (Å²) in [6.07, 6.45) is 21.5. The van der Waals surface area contributed by atoms with E-state index in [0.29, 0.717) is 5.92 Å². The number of fused-ring (bicyclic) bond motifs is 3. The van der Waals surface area contributed by atoms with Gasteiger partial charge >= 0.3 is 0 Å². The van der Waals surface area contributed by atoms with Crippen LogP contribution >= 0.6 is 0 Å². The van der Waals surface area contributed by atoms with Gasteiger partial charge in [-0.2, -0.15) is 0 Å². The molecule has 0 spiro atoms. The van der Waals surface area contributed by atoms with Crippen LogP contribution in [0.2, 0.25) is 0 Å². The van der Waals surface area contributed by atoms with Crippen molar-refractivity contribution in [1.29, 1.82) is 0 Å². The van der Waals surface area contributed by atoms with Gasteiger partial charge in [-0.25, -0.2) is 0 Å². The fourth-order valence-electron chi connectivity index (χ4n) is 8.91. The van der Waals surface area contributed by atoms with Crippen LogP contribution in [0.25, 0.3) is 39.3 Å². The first kappa shape index (κ1) is 33.9. The molecule has 3 atom stereocenters. The standard InChI is InChI=1S/C54H43NO/c1-4-14-38(15-5-1)40-30-34-45(35-31-40)55(44-18-8-3-9-19-44)46-36-32-41(33-37-46)39-26-28-43(29-27-39)48-22-12-24-51-52-25-13-23-50(54(52)56-53(48)51)49-21-11-10-20-47(49)42-16-6-2-7-17-42/h1-22,24-26,28-34,36-37,39,45,50H,23,27,35H2. The molecule has 0 saturated carbocycles. The molecule has 10 rings (SSSR count). The number of para-hydroxylation sites is 2. The summed E-state index contributed by atoms with van der Waals surface area (Å²) in [5, 5.41) is 1.19. The van der Waals surface area contributed by atoms with Crippen LogP contribution in [-0.2, 0) is 0 Å². The Kier molecular flexibility index (Phi) is 9.01.